The van der Waals surface area contributed by atoms with E-state index in [1.807, 2.05) is 47.2 Å². The summed E-state index contributed by atoms with van der Waals surface area (Å²) in [7, 11) is 0. The van der Waals surface area contributed by atoms with E-state index in [-0.39, 0.29) is 25.0 Å². The molecule has 1 aliphatic heterocycles. The van der Waals surface area contributed by atoms with Crippen molar-refractivity contribution in [3.05, 3.63) is 90.9 Å². The molecule has 7 rings (SSSR count). The van der Waals surface area contributed by atoms with E-state index in [1.54, 1.807) is 17.1 Å². The largest absolute Gasteiger partial charge is 0.383 e. The third-order valence-corrected chi connectivity index (χ3v) is 8.60. The van der Waals surface area contributed by atoms with Gasteiger partial charge in [0.15, 0.2) is 17.3 Å². The van der Waals surface area contributed by atoms with Gasteiger partial charge in [0.1, 0.15) is 11.3 Å². The highest BCUT2D eigenvalue weighted by atomic mass is 19.3. The second-order valence-corrected chi connectivity index (χ2v) is 11.2. The summed E-state index contributed by atoms with van der Waals surface area (Å²) >= 11 is 0. The molecule has 44 heavy (non-hydrogen) atoms. The number of fused-ring (bicyclic) bond motifs is 2. The number of pyridine rings is 2. The molecule has 1 aliphatic carbocycles. The molecule has 0 radical (unpaired) electrons. The number of alkyl halides is 2. The van der Waals surface area contributed by atoms with Crippen LogP contribution in [0.15, 0.2) is 79.8 Å². The van der Waals surface area contributed by atoms with Crippen molar-refractivity contribution < 1.29 is 13.6 Å². The number of hydrogen-bond donors (Lipinski definition) is 2. The van der Waals surface area contributed by atoms with Crippen LogP contribution in [0.5, 0.6) is 0 Å². The van der Waals surface area contributed by atoms with Crippen LogP contribution in [0.1, 0.15) is 36.4 Å². The summed E-state index contributed by atoms with van der Waals surface area (Å²) in [5.74, 6) is 1.20. The first-order valence-electron chi connectivity index (χ1n) is 14.6. The summed E-state index contributed by atoms with van der Waals surface area (Å²) in [6, 6.07) is 14.4. The molecule has 1 unspecified atom stereocenters. The molecule has 3 atom stereocenters. The van der Waals surface area contributed by atoms with E-state index < -0.39 is 18.4 Å². The van der Waals surface area contributed by atoms with Crippen LogP contribution in [0.4, 0.5) is 14.6 Å². The SMILES string of the molecule is C=CC(=O)N1CCC(N[C@H]2CCc3cc(-n4c(-c5cccnc5N)nc5ccc(-n6cccn6)nc54)ccc32)C[C@@H]1C(F)F. The van der Waals surface area contributed by atoms with Crippen LogP contribution in [-0.4, -0.2) is 65.2 Å². The molecule has 2 aliphatic rings. The van der Waals surface area contributed by atoms with Gasteiger partial charge in [-0.05, 0) is 85.4 Å². The molecule has 1 aromatic carbocycles. The number of nitrogens with one attached hydrogen (secondary N) is 1. The second kappa shape index (κ2) is 11.3. The number of anilines is 1. The van der Waals surface area contributed by atoms with Gasteiger partial charge in [-0.25, -0.2) is 28.4 Å². The van der Waals surface area contributed by atoms with Gasteiger partial charge in [0.2, 0.25) is 5.91 Å². The van der Waals surface area contributed by atoms with E-state index in [1.165, 1.54) is 10.5 Å². The number of rotatable bonds is 7. The van der Waals surface area contributed by atoms with Gasteiger partial charge in [0.25, 0.3) is 6.43 Å². The quantitative estimate of drug-likeness (QED) is 0.263. The van der Waals surface area contributed by atoms with Crippen LogP contribution in [0.3, 0.4) is 0 Å². The molecule has 0 bridgehead atoms. The zero-order chi connectivity index (χ0) is 30.4. The van der Waals surface area contributed by atoms with Gasteiger partial charge in [0.05, 0.1) is 11.6 Å². The number of halogens is 2. The fourth-order valence-corrected chi connectivity index (χ4v) is 6.49. The number of piperidine rings is 1. The normalized spacial score (nSPS) is 19.9. The summed E-state index contributed by atoms with van der Waals surface area (Å²) < 4.78 is 31.5. The van der Waals surface area contributed by atoms with E-state index in [9.17, 15) is 13.6 Å². The number of amides is 1. The number of likely N-dealkylation sites (tertiary alicyclic amines) is 1. The Morgan fingerprint density at radius 3 is 2.77 bits per heavy atom. The number of benzene rings is 1. The maximum atomic E-state index is 13.9. The lowest BCUT2D eigenvalue weighted by molar-refractivity contribution is -0.134. The van der Waals surface area contributed by atoms with Gasteiger partial charge in [-0.15, -0.1) is 0 Å². The van der Waals surface area contributed by atoms with Crippen molar-refractivity contribution in [2.45, 2.75) is 50.2 Å². The summed E-state index contributed by atoms with van der Waals surface area (Å²) in [5.41, 5.74) is 11.5. The van der Waals surface area contributed by atoms with Crippen molar-refractivity contribution in [3.8, 4) is 22.9 Å². The van der Waals surface area contributed by atoms with Crippen molar-refractivity contribution in [2.75, 3.05) is 12.3 Å². The monoisotopic (exact) mass is 595 g/mol. The molecule has 5 aromatic rings. The van der Waals surface area contributed by atoms with Gasteiger partial charge < -0.3 is 16.0 Å². The molecular weight excluding hydrogens is 564 g/mol. The molecule has 3 N–H and O–H groups in total. The lowest BCUT2D eigenvalue weighted by atomic mass is 9.95. The average Bonchev–Trinajstić information content (AvgIpc) is 3.79. The van der Waals surface area contributed by atoms with Crippen LogP contribution in [0.2, 0.25) is 0 Å². The van der Waals surface area contributed by atoms with E-state index >= 15 is 0 Å². The van der Waals surface area contributed by atoms with Crippen molar-refractivity contribution in [1.29, 1.82) is 0 Å². The fourth-order valence-electron chi connectivity index (χ4n) is 6.49. The Balaban J connectivity index is 1.22. The van der Waals surface area contributed by atoms with Gasteiger partial charge in [0, 0.05) is 42.9 Å². The van der Waals surface area contributed by atoms with Crippen molar-refractivity contribution in [1.82, 2.24) is 39.5 Å². The summed E-state index contributed by atoms with van der Waals surface area (Å²) in [5, 5.41) is 7.96. The zero-order valence-corrected chi connectivity index (χ0v) is 23.9. The molecule has 10 nitrogen and oxygen atoms in total. The summed E-state index contributed by atoms with van der Waals surface area (Å²) in [6.07, 6.45) is 6.16. The van der Waals surface area contributed by atoms with Crippen LogP contribution in [0, 0.1) is 0 Å². The van der Waals surface area contributed by atoms with Crippen LogP contribution in [0.25, 0.3) is 34.1 Å². The van der Waals surface area contributed by atoms with E-state index in [0.717, 1.165) is 30.2 Å². The summed E-state index contributed by atoms with van der Waals surface area (Å²) in [6.45, 7) is 3.74. The van der Waals surface area contributed by atoms with E-state index in [4.69, 9.17) is 15.7 Å². The van der Waals surface area contributed by atoms with E-state index in [2.05, 4.69) is 34.1 Å². The van der Waals surface area contributed by atoms with Crippen molar-refractivity contribution in [2.24, 2.45) is 0 Å². The fraction of sp³-hybridized carbons (Fsp3) is 0.281. The van der Waals surface area contributed by atoms with Crippen LogP contribution in [-0.2, 0) is 11.2 Å². The zero-order valence-electron chi connectivity index (χ0n) is 23.9. The number of nitrogens with two attached hydrogens (primary N) is 1. The van der Waals surface area contributed by atoms with Crippen molar-refractivity contribution >= 4 is 22.9 Å². The predicted octanol–water partition coefficient (Wildman–Crippen LogP) is 4.64. The van der Waals surface area contributed by atoms with E-state index in [0.29, 0.717) is 40.6 Å². The molecule has 5 heterocycles. The number of nitrogens with zero attached hydrogens (tertiary/aromatic N) is 7. The topological polar surface area (TPSA) is 120 Å². The summed E-state index contributed by atoms with van der Waals surface area (Å²) in [4.78, 5) is 27.5. The minimum absolute atomic E-state index is 0.0292. The molecule has 1 amide bonds. The standard InChI is InChI=1S/C32H31F2N9O/c1-2-28(44)41-16-12-20(18-26(41)29(33)34)38-24-9-6-19-17-21(7-8-22(19)24)43-31(23-5-3-13-36-30(23)35)39-25-10-11-27(40-32(25)43)42-15-4-14-37-42/h2-5,7-8,10-11,13-15,17,20,24,26,29,38H,1,6,9,12,16,18H2,(H2,35,36)/t20?,24-,26+/m0/s1. The smallest absolute Gasteiger partial charge is 0.258 e. The number of aromatic nitrogens is 6. The highest BCUT2D eigenvalue weighted by molar-refractivity contribution is 5.87. The number of carbonyl (C=O) groups excluding carboxylic acids is 1. The molecule has 0 spiro atoms. The van der Waals surface area contributed by atoms with Crippen LogP contribution >= 0.6 is 0 Å². The minimum Gasteiger partial charge on any atom is -0.383 e. The molecule has 4 aromatic heterocycles. The number of aryl methyl sites for hydroxylation is 1. The number of hydrogen-bond acceptors (Lipinski definition) is 7. The number of imidazole rings is 1. The first kappa shape index (κ1) is 27.8. The average molecular weight is 596 g/mol. The Hall–Kier alpha value is -4.97. The predicted molar refractivity (Wildman–Crippen MR) is 163 cm³/mol. The molecule has 12 heteroatoms. The highest BCUT2D eigenvalue weighted by Crippen LogP contribution is 2.37. The maximum absolute atomic E-state index is 13.9. The Bertz CT molecular complexity index is 1850. The second-order valence-electron chi connectivity index (χ2n) is 11.2. The van der Waals surface area contributed by atoms with Gasteiger partial charge in [-0.2, -0.15) is 5.10 Å². The first-order valence-corrected chi connectivity index (χ1v) is 14.6. The maximum Gasteiger partial charge on any atom is 0.258 e. The Kier molecular flexibility index (Phi) is 7.13. The lowest BCUT2D eigenvalue weighted by Crippen LogP contribution is -2.53. The lowest BCUT2D eigenvalue weighted by Gasteiger charge is -2.39. The number of nitrogen functional groups attached to an aromatic ring is 1. The minimum atomic E-state index is -2.61. The molecule has 224 valence electrons. The Morgan fingerprint density at radius 2 is 2.00 bits per heavy atom. The Morgan fingerprint density at radius 1 is 1.11 bits per heavy atom. The third kappa shape index (κ3) is 4.90. The third-order valence-electron chi connectivity index (χ3n) is 8.60. The van der Waals surface area contributed by atoms with Gasteiger partial charge in [-0.3, -0.25) is 9.36 Å². The molecule has 1 fully saturated rings. The van der Waals surface area contributed by atoms with Gasteiger partial charge >= 0.3 is 0 Å². The highest BCUT2D eigenvalue weighted by Gasteiger charge is 2.37. The van der Waals surface area contributed by atoms with Gasteiger partial charge in [-0.1, -0.05) is 12.6 Å². The molecule has 1 saturated heterocycles. The Labute approximate surface area is 252 Å². The molecular formula is C32H31F2N9O. The first-order chi connectivity index (χ1) is 21.4. The number of carbonyl (C=O) groups is 1. The van der Waals surface area contributed by atoms with Crippen LogP contribution < -0.4 is 11.1 Å². The molecule has 0 saturated carbocycles. The van der Waals surface area contributed by atoms with Crippen molar-refractivity contribution in [3.63, 3.8) is 0 Å².